The fourth-order valence-corrected chi connectivity index (χ4v) is 3.89. The molecule has 1 atom stereocenters. The summed E-state index contributed by atoms with van der Waals surface area (Å²) in [5, 5.41) is 43.8. The summed E-state index contributed by atoms with van der Waals surface area (Å²) in [4.78, 5) is 0. The SMILES string of the molecule is OCC(CO)(CO)NC[C@@H](O)Cn1c2ccc(Br)cc2c2cc(Br)ccc21. The number of halogens is 2. The van der Waals surface area contributed by atoms with Crippen molar-refractivity contribution in [2.75, 3.05) is 26.4 Å². The number of rotatable bonds is 8. The maximum Gasteiger partial charge on any atom is 0.0882 e. The Hall–Kier alpha value is -1.00. The van der Waals surface area contributed by atoms with Crippen LogP contribution in [0.1, 0.15) is 0 Å². The van der Waals surface area contributed by atoms with E-state index in [1.165, 1.54) is 0 Å². The monoisotopic (exact) mass is 500 g/mol. The van der Waals surface area contributed by atoms with Gasteiger partial charge in [0.25, 0.3) is 0 Å². The van der Waals surface area contributed by atoms with Gasteiger partial charge < -0.3 is 30.3 Å². The summed E-state index contributed by atoms with van der Waals surface area (Å²) in [6.45, 7) is -0.830. The smallest absolute Gasteiger partial charge is 0.0882 e. The lowest BCUT2D eigenvalue weighted by molar-refractivity contribution is 0.0308. The Kier molecular flexibility index (Phi) is 6.58. The van der Waals surface area contributed by atoms with Gasteiger partial charge in [-0.3, -0.25) is 0 Å². The van der Waals surface area contributed by atoms with Gasteiger partial charge in [-0.25, -0.2) is 0 Å². The molecule has 0 radical (unpaired) electrons. The molecule has 0 spiro atoms. The van der Waals surface area contributed by atoms with Gasteiger partial charge in [-0.05, 0) is 36.4 Å². The molecule has 0 fully saturated rings. The Bertz CT molecular complexity index is 873. The average molecular weight is 502 g/mol. The molecule has 3 aromatic rings. The first-order valence-electron chi connectivity index (χ1n) is 8.56. The third kappa shape index (κ3) is 4.22. The standard InChI is InChI=1S/C19H22Br2N2O4/c20-12-1-3-17-15(5-12)16-6-13(21)2-4-18(16)23(17)8-14(27)7-22-19(9-24,10-25)11-26/h1-6,14,22,24-27H,7-11H2/t14-/m1/s1. The molecule has 27 heavy (non-hydrogen) atoms. The van der Waals surface area contributed by atoms with Gasteiger partial charge in [-0.15, -0.1) is 0 Å². The summed E-state index contributed by atoms with van der Waals surface area (Å²) in [5.41, 5.74) is 0.795. The number of hydrogen-bond donors (Lipinski definition) is 5. The van der Waals surface area contributed by atoms with Crippen LogP contribution in [0, 0.1) is 0 Å². The maximum absolute atomic E-state index is 10.6. The normalized spacial score (nSPS) is 13.6. The summed E-state index contributed by atoms with van der Waals surface area (Å²) >= 11 is 7.03. The number of aliphatic hydroxyl groups is 4. The predicted octanol–water partition coefficient (Wildman–Crippen LogP) is 1.99. The molecular formula is C19H22Br2N2O4. The van der Waals surface area contributed by atoms with Gasteiger partial charge in [0.2, 0.25) is 0 Å². The molecule has 8 heteroatoms. The molecular weight excluding hydrogens is 480 g/mol. The van der Waals surface area contributed by atoms with Crippen LogP contribution in [0.3, 0.4) is 0 Å². The van der Waals surface area contributed by atoms with E-state index in [1.54, 1.807) is 0 Å². The van der Waals surface area contributed by atoms with Crippen molar-refractivity contribution in [2.24, 2.45) is 0 Å². The minimum absolute atomic E-state index is 0.121. The molecule has 1 heterocycles. The zero-order valence-electron chi connectivity index (χ0n) is 14.6. The number of β-amino-alcohol motifs (C(OH)–C–C–N with tert-alkyl or cyclic N) is 1. The summed E-state index contributed by atoms with van der Waals surface area (Å²) in [5.74, 6) is 0. The van der Waals surface area contributed by atoms with E-state index in [-0.39, 0.29) is 6.54 Å². The molecule has 0 amide bonds. The van der Waals surface area contributed by atoms with E-state index in [1.807, 2.05) is 24.3 Å². The number of aliphatic hydroxyl groups excluding tert-OH is 4. The lowest BCUT2D eigenvalue weighted by Crippen LogP contribution is -2.56. The highest BCUT2D eigenvalue weighted by molar-refractivity contribution is 9.10. The number of hydrogen-bond acceptors (Lipinski definition) is 5. The zero-order chi connectivity index (χ0) is 19.6. The van der Waals surface area contributed by atoms with E-state index in [0.717, 1.165) is 30.8 Å². The van der Waals surface area contributed by atoms with Gasteiger partial charge in [0.05, 0.1) is 38.0 Å². The van der Waals surface area contributed by atoms with Crippen LogP contribution in [0.4, 0.5) is 0 Å². The Morgan fingerprint density at radius 2 is 1.37 bits per heavy atom. The molecule has 3 rings (SSSR count). The van der Waals surface area contributed by atoms with Gasteiger partial charge in [0.15, 0.2) is 0 Å². The van der Waals surface area contributed by atoms with E-state index >= 15 is 0 Å². The number of nitrogens with one attached hydrogen (secondary N) is 1. The van der Waals surface area contributed by atoms with Crippen LogP contribution in [-0.4, -0.2) is 63.0 Å². The van der Waals surface area contributed by atoms with Gasteiger partial charge >= 0.3 is 0 Å². The van der Waals surface area contributed by atoms with E-state index in [9.17, 15) is 20.4 Å². The highest BCUT2D eigenvalue weighted by Crippen LogP contribution is 2.33. The second kappa shape index (κ2) is 8.57. The fraction of sp³-hybridized carbons (Fsp3) is 0.368. The van der Waals surface area contributed by atoms with Gasteiger partial charge in [0, 0.05) is 37.3 Å². The molecule has 5 N–H and O–H groups in total. The van der Waals surface area contributed by atoms with Gasteiger partial charge in [-0.1, -0.05) is 31.9 Å². The predicted molar refractivity (Wildman–Crippen MR) is 113 cm³/mol. The third-order valence-electron chi connectivity index (χ3n) is 4.80. The summed E-state index contributed by atoms with van der Waals surface area (Å²) in [6, 6.07) is 12.1. The van der Waals surface area contributed by atoms with Crippen molar-refractivity contribution >= 4 is 53.7 Å². The van der Waals surface area contributed by atoms with Crippen molar-refractivity contribution < 1.29 is 20.4 Å². The molecule has 0 saturated heterocycles. The highest BCUT2D eigenvalue weighted by atomic mass is 79.9. The quantitative estimate of drug-likeness (QED) is 0.325. The molecule has 2 aromatic carbocycles. The lowest BCUT2D eigenvalue weighted by Gasteiger charge is -2.30. The first-order valence-corrected chi connectivity index (χ1v) is 10.1. The number of fused-ring (bicyclic) bond motifs is 3. The largest absolute Gasteiger partial charge is 0.394 e. The van der Waals surface area contributed by atoms with Crippen LogP contribution >= 0.6 is 31.9 Å². The Morgan fingerprint density at radius 1 is 0.889 bits per heavy atom. The van der Waals surface area contributed by atoms with Crippen molar-refractivity contribution in [3.63, 3.8) is 0 Å². The molecule has 1 aromatic heterocycles. The second-order valence-corrected chi connectivity index (χ2v) is 8.55. The van der Waals surface area contributed by atoms with Crippen LogP contribution in [0.2, 0.25) is 0 Å². The van der Waals surface area contributed by atoms with E-state index in [4.69, 9.17) is 0 Å². The second-order valence-electron chi connectivity index (χ2n) is 6.72. The Balaban J connectivity index is 1.92. The number of aromatic nitrogens is 1. The van der Waals surface area contributed by atoms with Crippen LogP contribution in [0.25, 0.3) is 21.8 Å². The van der Waals surface area contributed by atoms with Gasteiger partial charge in [0.1, 0.15) is 0 Å². The molecule has 0 aliphatic heterocycles. The van der Waals surface area contributed by atoms with Crippen LogP contribution in [-0.2, 0) is 6.54 Å². The van der Waals surface area contributed by atoms with Crippen LogP contribution in [0.15, 0.2) is 45.3 Å². The van der Waals surface area contributed by atoms with Crippen molar-refractivity contribution in [3.8, 4) is 0 Å². The summed E-state index contributed by atoms with van der Waals surface area (Å²) in [6.07, 6.45) is -0.778. The molecule has 146 valence electrons. The van der Waals surface area contributed by atoms with Crippen molar-refractivity contribution in [1.82, 2.24) is 9.88 Å². The molecule has 0 aliphatic rings. The van der Waals surface area contributed by atoms with Crippen LogP contribution in [0.5, 0.6) is 0 Å². The Labute approximate surface area is 173 Å². The number of benzene rings is 2. The molecule has 6 nitrogen and oxygen atoms in total. The first kappa shape index (κ1) is 20.7. The maximum atomic E-state index is 10.6. The van der Waals surface area contributed by atoms with Crippen molar-refractivity contribution in [2.45, 2.75) is 18.2 Å². The average Bonchev–Trinajstić information content (AvgIpc) is 2.96. The summed E-state index contributed by atoms with van der Waals surface area (Å²) in [7, 11) is 0. The third-order valence-corrected chi connectivity index (χ3v) is 5.79. The minimum atomic E-state index is -1.21. The molecule has 0 aliphatic carbocycles. The van der Waals surface area contributed by atoms with E-state index < -0.39 is 31.5 Å². The topological polar surface area (TPSA) is 97.9 Å². The molecule has 0 unspecified atom stereocenters. The number of nitrogens with zero attached hydrogens (tertiary/aromatic N) is 1. The lowest BCUT2D eigenvalue weighted by atomic mass is 10.0. The van der Waals surface area contributed by atoms with E-state index in [0.29, 0.717) is 6.54 Å². The summed E-state index contributed by atoms with van der Waals surface area (Å²) < 4.78 is 4.01. The van der Waals surface area contributed by atoms with Gasteiger partial charge in [-0.2, -0.15) is 0 Å². The molecule has 0 saturated carbocycles. The van der Waals surface area contributed by atoms with Crippen molar-refractivity contribution in [3.05, 3.63) is 45.3 Å². The van der Waals surface area contributed by atoms with Crippen molar-refractivity contribution in [1.29, 1.82) is 0 Å². The van der Waals surface area contributed by atoms with E-state index in [2.05, 4.69) is 53.9 Å². The molecule has 0 bridgehead atoms. The fourth-order valence-electron chi connectivity index (χ4n) is 3.17. The van der Waals surface area contributed by atoms with Crippen LogP contribution < -0.4 is 5.32 Å². The first-order chi connectivity index (χ1) is 12.9. The highest BCUT2D eigenvalue weighted by Gasteiger charge is 2.28. The zero-order valence-corrected chi connectivity index (χ0v) is 17.7. The minimum Gasteiger partial charge on any atom is -0.394 e. The Morgan fingerprint density at radius 3 is 1.81 bits per heavy atom.